The van der Waals surface area contributed by atoms with E-state index in [2.05, 4.69) is 0 Å². The van der Waals surface area contributed by atoms with Gasteiger partial charge in [0.2, 0.25) is 0 Å². The van der Waals surface area contributed by atoms with Crippen LogP contribution in [0.3, 0.4) is 0 Å². The van der Waals surface area contributed by atoms with E-state index in [1.54, 1.807) is 32.9 Å². The lowest BCUT2D eigenvalue weighted by Gasteiger charge is -2.29. The molecule has 0 unspecified atom stereocenters. The van der Waals surface area contributed by atoms with Crippen molar-refractivity contribution in [3.05, 3.63) is 34.4 Å². The third-order valence-electron chi connectivity index (χ3n) is 5.80. The molecule has 6 nitrogen and oxygen atoms in total. The van der Waals surface area contributed by atoms with Crippen LogP contribution in [0.4, 0.5) is 0 Å². The number of esters is 2. The zero-order valence-electron chi connectivity index (χ0n) is 15.4. The van der Waals surface area contributed by atoms with Crippen molar-refractivity contribution < 1.29 is 29.0 Å². The van der Waals surface area contributed by atoms with Gasteiger partial charge in [-0.3, -0.25) is 9.59 Å². The number of aliphatic hydroxyl groups excluding tert-OH is 1. The Labute approximate surface area is 152 Å². The average molecular weight is 360 g/mol. The first-order valence-corrected chi connectivity index (χ1v) is 8.89. The van der Waals surface area contributed by atoms with Gasteiger partial charge in [0, 0.05) is 29.4 Å². The van der Waals surface area contributed by atoms with Gasteiger partial charge in [-0.25, -0.2) is 4.79 Å². The van der Waals surface area contributed by atoms with E-state index in [0.29, 0.717) is 16.7 Å². The lowest BCUT2D eigenvalue weighted by molar-refractivity contribution is -0.148. The van der Waals surface area contributed by atoms with Crippen molar-refractivity contribution in [2.75, 3.05) is 6.61 Å². The van der Waals surface area contributed by atoms with E-state index in [0.717, 1.165) is 5.57 Å². The predicted molar refractivity (Wildman–Crippen MR) is 92.8 cm³/mol. The summed E-state index contributed by atoms with van der Waals surface area (Å²) in [6.07, 6.45) is 2.22. The second-order valence-corrected chi connectivity index (χ2v) is 7.29. The van der Waals surface area contributed by atoms with Gasteiger partial charge < -0.3 is 14.6 Å². The molecule has 0 bridgehead atoms. The molecule has 0 saturated carbocycles. The lowest BCUT2D eigenvalue weighted by atomic mass is 9.79. The molecular formula is C20H24O6. The van der Waals surface area contributed by atoms with E-state index in [9.17, 15) is 19.5 Å². The summed E-state index contributed by atoms with van der Waals surface area (Å²) >= 11 is 0. The molecule has 0 aromatic heterocycles. The van der Waals surface area contributed by atoms with Crippen LogP contribution in [0.1, 0.15) is 34.1 Å². The summed E-state index contributed by atoms with van der Waals surface area (Å²) < 4.78 is 11.3. The standard InChI is InChI=1S/C20H24O6/c1-5-9(2)19(23)25-14-7-12(8-21)17-13(22)6-10(3)15(17)18-16(14)11(4)20(24)26-18/h5-6,11,14-16,18,21H,7-8H2,1-4H3/t11-,14-,15+,16-,18-/m1/s1. The zero-order valence-corrected chi connectivity index (χ0v) is 15.4. The first-order valence-electron chi connectivity index (χ1n) is 8.89. The van der Waals surface area contributed by atoms with Crippen LogP contribution >= 0.6 is 0 Å². The summed E-state index contributed by atoms with van der Waals surface area (Å²) in [4.78, 5) is 37.1. The molecule has 0 aromatic rings. The fraction of sp³-hybridized carbons (Fsp3) is 0.550. The van der Waals surface area contributed by atoms with Crippen molar-refractivity contribution in [2.45, 2.75) is 46.3 Å². The number of carbonyl (C=O) groups excluding carboxylic acids is 3. The van der Waals surface area contributed by atoms with Crippen molar-refractivity contribution in [3.63, 3.8) is 0 Å². The lowest BCUT2D eigenvalue weighted by Crippen LogP contribution is -2.38. The van der Waals surface area contributed by atoms with Gasteiger partial charge in [0.25, 0.3) is 0 Å². The molecule has 0 spiro atoms. The number of hydrogen-bond acceptors (Lipinski definition) is 6. The quantitative estimate of drug-likeness (QED) is 0.610. The first-order chi connectivity index (χ1) is 12.3. The van der Waals surface area contributed by atoms with Crippen LogP contribution in [0.25, 0.3) is 0 Å². The van der Waals surface area contributed by atoms with Gasteiger partial charge in [0.1, 0.15) is 12.2 Å². The van der Waals surface area contributed by atoms with Gasteiger partial charge in [0.15, 0.2) is 5.78 Å². The minimum absolute atomic E-state index is 0.164. The molecular weight excluding hydrogens is 336 g/mol. The highest BCUT2D eigenvalue weighted by molar-refractivity contribution is 6.09. The van der Waals surface area contributed by atoms with Crippen molar-refractivity contribution in [2.24, 2.45) is 17.8 Å². The second kappa shape index (κ2) is 6.83. The summed E-state index contributed by atoms with van der Waals surface area (Å²) in [7, 11) is 0. The maximum atomic E-state index is 12.5. The summed E-state index contributed by atoms with van der Waals surface area (Å²) in [6.45, 7) is 6.70. The number of rotatable bonds is 3. The Morgan fingerprint density at radius 3 is 2.73 bits per heavy atom. The molecule has 5 atom stereocenters. The van der Waals surface area contributed by atoms with Gasteiger partial charge >= 0.3 is 11.9 Å². The number of ketones is 1. The van der Waals surface area contributed by atoms with Crippen molar-refractivity contribution in [3.8, 4) is 0 Å². The fourth-order valence-electron chi connectivity index (χ4n) is 4.27. The van der Waals surface area contributed by atoms with Crippen LogP contribution in [-0.4, -0.2) is 41.6 Å². The van der Waals surface area contributed by atoms with Crippen molar-refractivity contribution in [1.29, 1.82) is 0 Å². The van der Waals surface area contributed by atoms with Crippen molar-refractivity contribution in [1.82, 2.24) is 0 Å². The number of fused-ring (bicyclic) bond motifs is 3. The highest BCUT2D eigenvalue weighted by Gasteiger charge is 2.55. The Kier molecular flexibility index (Phi) is 4.88. The van der Waals surface area contributed by atoms with E-state index in [4.69, 9.17) is 9.47 Å². The van der Waals surface area contributed by atoms with Crippen LogP contribution in [0, 0.1) is 17.8 Å². The van der Waals surface area contributed by atoms with Crippen molar-refractivity contribution >= 4 is 17.7 Å². The molecule has 2 aliphatic carbocycles. The molecule has 1 heterocycles. The first kappa shape index (κ1) is 18.6. The molecule has 1 fully saturated rings. The molecule has 0 aromatic carbocycles. The van der Waals surface area contributed by atoms with E-state index in [1.807, 2.05) is 6.92 Å². The highest BCUT2D eigenvalue weighted by Crippen LogP contribution is 2.48. The van der Waals surface area contributed by atoms with E-state index in [1.165, 1.54) is 0 Å². The summed E-state index contributed by atoms with van der Waals surface area (Å²) in [5.41, 5.74) is 2.32. The molecule has 1 aliphatic heterocycles. The molecule has 1 saturated heterocycles. The molecule has 26 heavy (non-hydrogen) atoms. The van der Waals surface area contributed by atoms with Gasteiger partial charge in [0.05, 0.1) is 12.5 Å². The third kappa shape index (κ3) is 2.82. The van der Waals surface area contributed by atoms with Crippen LogP contribution < -0.4 is 0 Å². The number of carbonyl (C=O) groups is 3. The smallest absolute Gasteiger partial charge is 0.333 e. The van der Waals surface area contributed by atoms with E-state index < -0.39 is 24.1 Å². The molecule has 0 radical (unpaired) electrons. The maximum Gasteiger partial charge on any atom is 0.333 e. The molecule has 6 heteroatoms. The molecule has 3 rings (SSSR count). The second-order valence-electron chi connectivity index (χ2n) is 7.29. The molecule has 0 amide bonds. The van der Waals surface area contributed by atoms with Gasteiger partial charge in [-0.05, 0) is 32.4 Å². The average Bonchev–Trinajstić information content (AvgIpc) is 3.00. The van der Waals surface area contributed by atoms with Crippen LogP contribution in [-0.2, 0) is 23.9 Å². The fourth-order valence-corrected chi connectivity index (χ4v) is 4.27. The third-order valence-corrected chi connectivity index (χ3v) is 5.80. The van der Waals surface area contributed by atoms with Gasteiger partial charge in [-0.2, -0.15) is 0 Å². The van der Waals surface area contributed by atoms with E-state index >= 15 is 0 Å². The minimum atomic E-state index is -0.635. The topological polar surface area (TPSA) is 89.9 Å². The Hall–Kier alpha value is -2.21. The molecule has 1 N–H and O–H groups in total. The zero-order chi connectivity index (χ0) is 19.2. The highest BCUT2D eigenvalue weighted by atomic mass is 16.6. The summed E-state index contributed by atoms with van der Waals surface area (Å²) in [6, 6.07) is 0. The maximum absolute atomic E-state index is 12.5. The normalized spacial score (nSPS) is 34.1. The Balaban J connectivity index is 2.06. The van der Waals surface area contributed by atoms with Gasteiger partial charge in [-0.1, -0.05) is 18.6 Å². The number of ether oxygens (including phenoxy) is 2. The number of hydrogen-bond donors (Lipinski definition) is 1. The van der Waals surface area contributed by atoms with E-state index in [-0.39, 0.29) is 36.6 Å². The molecule has 3 aliphatic rings. The predicted octanol–water partition coefficient (Wildman–Crippen LogP) is 1.88. The van der Waals surface area contributed by atoms with Crippen LogP contribution in [0.5, 0.6) is 0 Å². The Morgan fingerprint density at radius 1 is 1.42 bits per heavy atom. The monoisotopic (exact) mass is 360 g/mol. The van der Waals surface area contributed by atoms with Gasteiger partial charge in [-0.15, -0.1) is 0 Å². The van der Waals surface area contributed by atoms with Crippen LogP contribution in [0.2, 0.25) is 0 Å². The van der Waals surface area contributed by atoms with Crippen LogP contribution in [0.15, 0.2) is 34.4 Å². The summed E-state index contributed by atoms with van der Waals surface area (Å²) in [5, 5.41) is 9.86. The Bertz CT molecular complexity index is 756. The minimum Gasteiger partial charge on any atom is -0.461 e. The largest absolute Gasteiger partial charge is 0.461 e. The number of aliphatic hydroxyl groups is 1. The summed E-state index contributed by atoms with van der Waals surface area (Å²) in [5.74, 6) is -2.17. The SMILES string of the molecule is CC=C(C)C(=O)O[C@@H]1CC(CO)=C2C(=O)C=C(C)[C@@H]2[C@H]2OC(=O)[C@H](C)[C@@H]21. The number of allylic oxidation sites excluding steroid dienone is 2. The Morgan fingerprint density at radius 2 is 2.12 bits per heavy atom. The molecule has 140 valence electrons.